The molecule has 0 bridgehead atoms. The van der Waals surface area contributed by atoms with Gasteiger partial charge in [-0.3, -0.25) is 0 Å². The summed E-state index contributed by atoms with van der Waals surface area (Å²) < 4.78 is 24.9. The van der Waals surface area contributed by atoms with Crippen LogP contribution in [0.1, 0.15) is 13.3 Å². The lowest BCUT2D eigenvalue weighted by atomic mass is 10.3. The summed E-state index contributed by atoms with van der Waals surface area (Å²) in [5.74, 6) is 0.174. The predicted octanol–water partition coefficient (Wildman–Crippen LogP) is -0.370. The zero-order valence-corrected chi connectivity index (χ0v) is 8.39. The van der Waals surface area contributed by atoms with Crippen LogP contribution in [0.15, 0.2) is 0 Å². The lowest BCUT2D eigenvalue weighted by molar-refractivity contribution is 0.407. The lowest BCUT2D eigenvalue weighted by Crippen LogP contribution is -2.37. The number of rotatable bonds is 3. The van der Waals surface area contributed by atoms with Crippen LogP contribution in [0.2, 0.25) is 0 Å². The van der Waals surface area contributed by atoms with E-state index in [9.17, 15) is 8.42 Å². The summed E-state index contributed by atoms with van der Waals surface area (Å²) >= 11 is 0. The van der Waals surface area contributed by atoms with Gasteiger partial charge in [-0.25, -0.2) is 13.1 Å². The molecule has 1 aliphatic heterocycles. The Labute approximate surface area is 74.0 Å². The van der Waals surface area contributed by atoms with Crippen molar-refractivity contribution in [1.29, 1.82) is 0 Å². The minimum Gasteiger partial charge on any atom is -0.305 e. The van der Waals surface area contributed by atoms with Crippen molar-refractivity contribution in [2.45, 2.75) is 19.4 Å². The Balaban J connectivity index is 2.43. The third-order valence-electron chi connectivity index (χ3n) is 2.12. The van der Waals surface area contributed by atoms with Gasteiger partial charge in [0.05, 0.1) is 5.75 Å². The quantitative estimate of drug-likeness (QED) is 0.664. The van der Waals surface area contributed by atoms with E-state index in [-0.39, 0.29) is 11.8 Å². The minimum absolute atomic E-state index is 0.125. The molecule has 0 unspecified atom stereocenters. The molecule has 4 nitrogen and oxygen atoms in total. The van der Waals surface area contributed by atoms with Gasteiger partial charge in [0.25, 0.3) is 0 Å². The largest absolute Gasteiger partial charge is 0.305 e. The van der Waals surface area contributed by atoms with Crippen molar-refractivity contribution in [1.82, 2.24) is 9.62 Å². The first-order valence-electron chi connectivity index (χ1n) is 4.22. The van der Waals surface area contributed by atoms with Gasteiger partial charge in [-0.2, -0.15) is 0 Å². The molecule has 0 spiro atoms. The summed E-state index contributed by atoms with van der Waals surface area (Å²) in [7, 11) is -1.00. The van der Waals surface area contributed by atoms with Crippen LogP contribution >= 0.6 is 0 Å². The maximum Gasteiger partial charge on any atom is 0.211 e. The molecular formula is C7H16N2O2S. The molecule has 1 rings (SSSR count). The Morgan fingerprint density at radius 1 is 1.58 bits per heavy atom. The number of likely N-dealkylation sites (tertiary alicyclic amines) is 1. The molecule has 1 heterocycles. The molecule has 1 aliphatic rings. The van der Waals surface area contributed by atoms with E-state index in [4.69, 9.17) is 0 Å². The van der Waals surface area contributed by atoms with Crippen LogP contribution in [-0.2, 0) is 10.0 Å². The fourth-order valence-corrected chi connectivity index (χ4v) is 2.24. The van der Waals surface area contributed by atoms with Gasteiger partial charge in [-0.05, 0) is 26.9 Å². The third-order valence-corrected chi connectivity index (χ3v) is 3.57. The van der Waals surface area contributed by atoms with E-state index in [0.29, 0.717) is 0 Å². The van der Waals surface area contributed by atoms with Crippen LogP contribution in [0.5, 0.6) is 0 Å². The number of hydrogen-bond acceptors (Lipinski definition) is 3. The molecule has 0 aromatic heterocycles. The Morgan fingerprint density at radius 3 is 2.67 bits per heavy atom. The lowest BCUT2D eigenvalue weighted by Gasteiger charge is -2.11. The number of sulfonamides is 1. The second kappa shape index (κ2) is 3.72. The molecule has 12 heavy (non-hydrogen) atoms. The van der Waals surface area contributed by atoms with Crippen molar-refractivity contribution in [3.8, 4) is 0 Å². The molecule has 5 heteroatoms. The van der Waals surface area contributed by atoms with Crippen LogP contribution < -0.4 is 4.72 Å². The smallest absolute Gasteiger partial charge is 0.211 e. The summed E-state index contributed by atoms with van der Waals surface area (Å²) in [6, 6.07) is 0.125. The van der Waals surface area contributed by atoms with Gasteiger partial charge in [0.15, 0.2) is 0 Å². The van der Waals surface area contributed by atoms with Crippen molar-refractivity contribution < 1.29 is 8.42 Å². The molecule has 1 atom stereocenters. The van der Waals surface area contributed by atoms with E-state index in [1.54, 1.807) is 6.92 Å². The van der Waals surface area contributed by atoms with Gasteiger partial charge in [0.2, 0.25) is 10.0 Å². The highest BCUT2D eigenvalue weighted by molar-refractivity contribution is 7.89. The van der Waals surface area contributed by atoms with Crippen molar-refractivity contribution in [3.63, 3.8) is 0 Å². The van der Waals surface area contributed by atoms with E-state index in [0.717, 1.165) is 19.5 Å². The number of nitrogens with zero attached hydrogens (tertiary/aromatic N) is 1. The van der Waals surface area contributed by atoms with Crippen LogP contribution in [0.25, 0.3) is 0 Å². The first-order chi connectivity index (χ1) is 5.53. The summed E-state index contributed by atoms with van der Waals surface area (Å²) in [4.78, 5) is 2.13. The zero-order valence-electron chi connectivity index (χ0n) is 7.58. The Hall–Kier alpha value is -0.130. The molecule has 1 N–H and O–H groups in total. The van der Waals surface area contributed by atoms with Crippen LogP contribution in [-0.4, -0.2) is 45.2 Å². The number of nitrogens with one attached hydrogen (secondary N) is 1. The fourth-order valence-electron chi connectivity index (χ4n) is 1.37. The normalized spacial score (nSPS) is 26.3. The van der Waals surface area contributed by atoms with Crippen molar-refractivity contribution in [2.75, 3.05) is 25.9 Å². The van der Waals surface area contributed by atoms with Crippen LogP contribution in [0.3, 0.4) is 0 Å². The first kappa shape index (κ1) is 9.95. The average molecular weight is 192 g/mol. The monoisotopic (exact) mass is 192 g/mol. The van der Waals surface area contributed by atoms with Gasteiger partial charge < -0.3 is 4.90 Å². The van der Waals surface area contributed by atoms with Crippen LogP contribution in [0, 0.1) is 0 Å². The summed E-state index contributed by atoms with van der Waals surface area (Å²) in [5, 5.41) is 0. The molecule has 0 saturated carbocycles. The highest BCUT2D eigenvalue weighted by atomic mass is 32.2. The molecule has 0 aromatic rings. The van der Waals surface area contributed by atoms with E-state index in [2.05, 4.69) is 9.62 Å². The van der Waals surface area contributed by atoms with E-state index in [1.165, 1.54) is 0 Å². The average Bonchev–Trinajstić information content (AvgIpc) is 2.35. The van der Waals surface area contributed by atoms with Crippen molar-refractivity contribution in [3.05, 3.63) is 0 Å². The van der Waals surface area contributed by atoms with Gasteiger partial charge in [0.1, 0.15) is 0 Å². The Kier molecular flexibility index (Phi) is 3.09. The van der Waals surface area contributed by atoms with Gasteiger partial charge in [0, 0.05) is 12.6 Å². The molecule has 1 fully saturated rings. The second-order valence-corrected chi connectivity index (χ2v) is 5.31. The zero-order chi connectivity index (χ0) is 9.19. The molecular weight excluding hydrogens is 176 g/mol. The highest BCUT2D eigenvalue weighted by Crippen LogP contribution is 2.07. The predicted molar refractivity (Wildman–Crippen MR) is 48.5 cm³/mol. The maximum atomic E-state index is 11.1. The SMILES string of the molecule is CCS(=O)(=O)N[C@@H]1CCN(C)C1. The topological polar surface area (TPSA) is 49.4 Å². The summed E-state index contributed by atoms with van der Waals surface area (Å²) in [6.45, 7) is 3.47. The standard InChI is InChI=1S/C7H16N2O2S/c1-3-12(10,11)8-7-4-5-9(2)6-7/h7-8H,3-6H2,1-2H3/t7-/m1/s1. The molecule has 1 saturated heterocycles. The van der Waals surface area contributed by atoms with E-state index in [1.807, 2.05) is 7.05 Å². The number of likely N-dealkylation sites (N-methyl/N-ethyl adjacent to an activating group) is 1. The number of hydrogen-bond donors (Lipinski definition) is 1. The van der Waals surface area contributed by atoms with Crippen molar-refractivity contribution >= 4 is 10.0 Å². The summed E-state index contributed by atoms with van der Waals surface area (Å²) in [5.41, 5.74) is 0. The van der Waals surface area contributed by atoms with E-state index >= 15 is 0 Å². The second-order valence-electron chi connectivity index (χ2n) is 3.27. The molecule has 0 aromatic carbocycles. The van der Waals surface area contributed by atoms with Crippen LogP contribution in [0.4, 0.5) is 0 Å². The maximum absolute atomic E-state index is 11.1. The van der Waals surface area contributed by atoms with Gasteiger partial charge >= 0.3 is 0 Å². The Bertz CT molecular complexity index is 238. The molecule has 0 radical (unpaired) electrons. The molecule has 0 amide bonds. The minimum atomic E-state index is -3.00. The Morgan fingerprint density at radius 2 is 2.25 bits per heavy atom. The highest BCUT2D eigenvalue weighted by Gasteiger charge is 2.22. The van der Waals surface area contributed by atoms with E-state index < -0.39 is 10.0 Å². The summed E-state index contributed by atoms with van der Waals surface area (Å²) in [6.07, 6.45) is 0.926. The molecule has 0 aliphatic carbocycles. The molecule has 72 valence electrons. The third kappa shape index (κ3) is 2.73. The fraction of sp³-hybridized carbons (Fsp3) is 1.00. The van der Waals surface area contributed by atoms with Gasteiger partial charge in [-0.15, -0.1) is 0 Å². The van der Waals surface area contributed by atoms with Gasteiger partial charge in [-0.1, -0.05) is 0 Å². The van der Waals surface area contributed by atoms with Crippen molar-refractivity contribution in [2.24, 2.45) is 0 Å². The first-order valence-corrected chi connectivity index (χ1v) is 5.87.